The number of nitrogens with zero attached hydrogens (tertiary/aromatic N) is 3. The van der Waals surface area contributed by atoms with Crippen molar-refractivity contribution in [3.8, 4) is 11.5 Å². The molecule has 3 aromatic rings. The first-order valence-electron chi connectivity index (χ1n) is 8.48. The number of rotatable bonds is 6. The van der Waals surface area contributed by atoms with Crippen LogP contribution < -0.4 is 10.9 Å². The standard InChI is InChI=1S/C19H19FN4O3/c1-12(2)18-22-23-19(27-18)14-5-8-17(26)24(10-14)11-16(25)21-9-13-3-6-15(20)7-4-13/h3-8,10,12H,9,11H2,1-2H3,(H,21,25). The number of nitrogens with one attached hydrogen (secondary N) is 1. The van der Waals surface area contributed by atoms with Gasteiger partial charge in [0.15, 0.2) is 0 Å². The Labute approximate surface area is 154 Å². The SMILES string of the molecule is CC(C)c1nnc(-c2ccc(=O)n(CC(=O)NCc3ccc(F)cc3)c2)o1. The number of carbonyl (C=O) groups is 1. The Morgan fingerprint density at radius 2 is 1.93 bits per heavy atom. The first kappa shape index (κ1) is 18.5. The second kappa shape index (κ2) is 7.94. The van der Waals surface area contributed by atoms with Crippen molar-refractivity contribution in [2.75, 3.05) is 0 Å². The van der Waals surface area contributed by atoms with Gasteiger partial charge in [0, 0.05) is 24.7 Å². The van der Waals surface area contributed by atoms with Crippen molar-refractivity contribution in [3.05, 3.63) is 70.2 Å². The molecule has 2 heterocycles. The minimum absolute atomic E-state index is 0.0920. The van der Waals surface area contributed by atoms with E-state index in [0.717, 1.165) is 5.56 Å². The fourth-order valence-electron chi connectivity index (χ4n) is 2.38. The van der Waals surface area contributed by atoms with E-state index in [1.807, 2.05) is 13.8 Å². The molecule has 7 nitrogen and oxygen atoms in total. The lowest BCUT2D eigenvalue weighted by Crippen LogP contribution is -2.31. The van der Waals surface area contributed by atoms with Crippen LogP contribution in [0, 0.1) is 5.82 Å². The van der Waals surface area contributed by atoms with Gasteiger partial charge in [-0.2, -0.15) is 0 Å². The van der Waals surface area contributed by atoms with Gasteiger partial charge in [-0.15, -0.1) is 10.2 Å². The fraction of sp³-hybridized carbons (Fsp3) is 0.263. The van der Waals surface area contributed by atoms with E-state index in [0.29, 0.717) is 17.3 Å². The minimum Gasteiger partial charge on any atom is -0.420 e. The summed E-state index contributed by atoms with van der Waals surface area (Å²) < 4.78 is 19.7. The average molecular weight is 370 g/mol. The normalized spacial score (nSPS) is 11.0. The molecule has 0 saturated carbocycles. The van der Waals surface area contributed by atoms with Gasteiger partial charge in [-0.25, -0.2) is 4.39 Å². The lowest BCUT2D eigenvalue weighted by molar-refractivity contribution is -0.121. The van der Waals surface area contributed by atoms with E-state index in [2.05, 4.69) is 15.5 Å². The van der Waals surface area contributed by atoms with Crippen LogP contribution in [0.1, 0.15) is 31.2 Å². The van der Waals surface area contributed by atoms with Crippen LogP contribution in [0.3, 0.4) is 0 Å². The first-order valence-corrected chi connectivity index (χ1v) is 8.48. The molecule has 0 bridgehead atoms. The minimum atomic E-state index is -0.341. The molecule has 140 valence electrons. The Bertz CT molecular complexity index is 993. The maximum atomic E-state index is 12.9. The zero-order valence-corrected chi connectivity index (χ0v) is 15.0. The van der Waals surface area contributed by atoms with Gasteiger partial charge in [0.2, 0.25) is 17.7 Å². The van der Waals surface area contributed by atoms with E-state index in [1.165, 1.54) is 29.0 Å². The number of benzene rings is 1. The van der Waals surface area contributed by atoms with Crippen LogP contribution in [-0.4, -0.2) is 20.7 Å². The molecule has 0 atom stereocenters. The highest BCUT2D eigenvalue weighted by Gasteiger charge is 2.13. The summed E-state index contributed by atoms with van der Waals surface area (Å²) in [6.45, 7) is 3.96. The van der Waals surface area contributed by atoms with Crippen molar-refractivity contribution in [2.45, 2.75) is 32.9 Å². The maximum Gasteiger partial charge on any atom is 0.251 e. The van der Waals surface area contributed by atoms with Crippen LogP contribution in [0.25, 0.3) is 11.5 Å². The van der Waals surface area contributed by atoms with E-state index in [4.69, 9.17) is 4.42 Å². The molecule has 1 amide bonds. The summed E-state index contributed by atoms with van der Waals surface area (Å²) >= 11 is 0. The molecule has 0 aliphatic heterocycles. The molecule has 0 aliphatic rings. The molecule has 8 heteroatoms. The van der Waals surface area contributed by atoms with Crippen molar-refractivity contribution < 1.29 is 13.6 Å². The second-order valence-electron chi connectivity index (χ2n) is 6.39. The molecule has 1 aromatic carbocycles. The van der Waals surface area contributed by atoms with Crippen molar-refractivity contribution >= 4 is 5.91 Å². The molecule has 0 spiro atoms. The van der Waals surface area contributed by atoms with Crippen molar-refractivity contribution in [3.63, 3.8) is 0 Å². The van der Waals surface area contributed by atoms with E-state index in [9.17, 15) is 14.0 Å². The van der Waals surface area contributed by atoms with Gasteiger partial charge in [-0.05, 0) is 23.8 Å². The average Bonchev–Trinajstić information content (AvgIpc) is 3.13. The molecule has 0 saturated heterocycles. The van der Waals surface area contributed by atoms with Crippen LogP contribution >= 0.6 is 0 Å². The number of halogens is 1. The van der Waals surface area contributed by atoms with E-state index in [1.54, 1.807) is 18.2 Å². The topological polar surface area (TPSA) is 90.0 Å². The number of hydrogen-bond donors (Lipinski definition) is 1. The summed E-state index contributed by atoms with van der Waals surface area (Å²) in [6.07, 6.45) is 1.51. The second-order valence-corrected chi connectivity index (χ2v) is 6.39. The molecule has 2 aromatic heterocycles. The van der Waals surface area contributed by atoms with E-state index < -0.39 is 0 Å². The number of hydrogen-bond acceptors (Lipinski definition) is 5. The predicted molar refractivity (Wildman–Crippen MR) is 96.3 cm³/mol. The van der Waals surface area contributed by atoms with Gasteiger partial charge >= 0.3 is 0 Å². The first-order chi connectivity index (χ1) is 12.9. The molecular formula is C19H19FN4O3. The lowest BCUT2D eigenvalue weighted by atomic mass is 10.2. The predicted octanol–water partition coefficient (Wildman–Crippen LogP) is 2.48. The van der Waals surface area contributed by atoms with Crippen molar-refractivity contribution in [1.29, 1.82) is 0 Å². The summed E-state index contributed by atoms with van der Waals surface area (Å²) in [5.41, 5.74) is 0.998. The number of amides is 1. The summed E-state index contributed by atoms with van der Waals surface area (Å²) in [6, 6.07) is 8.75. The van der Waals surface area contributed by atoms with Crippen LogP contribution in [0.15, 0.2) is 51.8 Å². The smallest absolute Gasteiger partial charge is 0.251 e. The van der Waals surface area contributed by atoms with Gasteiger partial charge in [-0.1, -0.05) is 26.0 Å². The third-order valence-corrected chi connectivity index (χ3v) is 3.88. The molecular weight excluding hydrogens is 351 g/mol. The Morgan fingerprint density at radius 3 is 2.59 bits per heavy atom. The zero-order chi connectivity index (χ0) is 19.4. The van der Waals surface area contributed by atoms with Gasteiger partial charge < -0.3 is 14.3 Å². The highest BCUT2D eigenvalue weighted by molar-refractivity contribution is 5.75. The van der Waals surface area contributed by atoms with E-state index >= 15 is 0 Å². The Hall–Kier alpha value is -3.29. The molecule has 0 unspecified atom stereocenters. The quantitative estimate of drug-likeness (QED) is 0.720. The molecule has 0 radical (unpaired) electrons. The fourth-order valence-corrected chi connectivity index (χ4v) is 2.38. The Kier molecular flexibility index (Phi) is 5.44. The Balaban J connectivity index is 1.69. The Morgan fingerprint density at radius 1 is 1.19 bits per heavy atom. The zero-order valence-electron chi connectivity index (χ0n) is 15.0. The van der Waals surface area contributed by atoms with Crippen LogP contribution in [0.4, 0.5) is 4.39 Å². The molecule has 27 heavy (non-hydrogen) atoms. The number of carbonyl (C=O) groups excluding carboxylic acids is 1. The number of pyridine rings is 1. The van der Waals surface area contributed by atoms with Crippen molar-refractivity contribution in [1.82, 2.24) is 20.1 Å². The van der Waals surface area contributed by atoms with Gasteiger partial charge in [-0.3, -0.25) is 9.59 Å². The third kappa shape index (κ3) is 4.66. The van der Waals surface area contributed by atoms with Crippen LogP contribution in [0.5, 0.6) is 0 Å². The molecule has 1 N–H and O–H groups in total. The summed E-state index contributed by atoms with van der Waals surface area (Å²) in [5.74, 6) is 0.204. The summed E-state index contributed by atoms with van der Waals surface area (Å²) in [5, 5.41) is 10.6. The van der Waals surface area contributed by atoms with Gasteiger partial charge in [0.05, 0.1) is 5.56 Å². The van der Waals surface area contributed by atoms with E-state index in [-0.39, 0.29) is 36.3 Å². The van der Waals surface area contributed by atoms with Crippen LogP contribution in [0.2, 0.25) is 0 Å². The highest BCUT2D eigenvalue weighted by atomic mass is 19.1. The number of aromatic nitrogens is 3. The van der Waals surface area contributed by atoms with Gasteiger partial charge in [0.25, 0.3) is 5.56 Å². The van der Waals surface area contributed by atoms with Gasteiger partial charge in [0.1, 0.15) is 12.4 Å². The maximum absolute atomic E-state index is 12.9. The van der Waals surface area contributed by atoms with Crippen LogP contribution in [-0.2, 0) is 17.9 Å². The summed E-state index contributed by atoms with van der Waals surface area (Å²) in [4.78, 5) is 24.2. The monoisotopic (exact) mass is 370 g/mol. The lowest BCUT2D eigenvalue weighted by Gasteiger charge is -2.08. The highest BCUT2D eigenvalue weighted by Crippen LogP contribution is 2.20. The molecule has 3 rings (SSSR count). The largest absolute Gasteiger partial charge is 0.420 e. The molecule has 0 fully saturated rings. The third-order valence-electron chi connectivity index (χ3n) is 3.88. The summed E-state index contributed by atoms with van der Waals surface area (Å²) in [7, 11) is 0. The molecule has 0 aliphatic carbocycles. The van der Waals surface area contributed by atoms with Crippen molar-refractivity contribution in [2.24, 2.45) is 0 Å².